The van der Waals surface area contributed by atoms with Gasteiger partial charge in [-0.1, -0.05) is 11.6 Å². The number of halogens is 1. The van der Waals surface area contributed by atoms with E-state index in [1.807, 2.05) is 25.1 Å². The molecule has 96 valence electrons. The van der Waals surface area contributed by atoms with E-state index in [-0.39, 0.29) is 5.82 Å². The Hall–Kier alpha value is -2.29. The molecule has 19 heavy (non-hydrogen) atoms. The molecule has 0 saturated carbocycles. The highest BCUT2D eigenvalue weighted by molar-refractivity contribution is 5.87. The Morgan fingerprint density at radius 2 is 1.89 bits per heavy atom. The topological polar surface area (TPSA) is 25.0 Å². The largest absolute Gasteiger partial charge is 0.496 e. The molecule has 0 aliphatic carbocycles. The molecule has 3 rings (SSSR count). The summed E-state index contributed by atoms with van der Waals surface area (Å²) < 4.78 is 18.6. The van der Waals surface area contributed by atoms with Gasteiger partial charge in [-0.2, -0.15) is 0 Å². The highest BCUT2D eigenvalue weighted by atomic mass is 19.1. The smallest absolute Gasteiger partial charge is 0.128 e. The number of H-pyrrole nitrogens is 1. The highest BCUT2D eigenvalue weighted by Crippen LogP contribution is 2.32. The highest BCUT2D eigenvalue weighted by Gasteiger charge is 2.09. The van der Waals surface area contributed by atoms with E-state index in [0.29, 0.717) is 0 Å². The molecule has 0 saturated heterocycles. The first-order valence-electron chi connectivity index (χ1n) is 6.10. The summed E-state index contributed by atoms with van der Waals surface area (Å²) in [6, 6.07) is 12.7. The Morgan fingerprint density at radius 3 is 2.68 bits per heavy atom. The fourth-order valence-corrected chi connectivity index (χ4v) is 2.28. The lowest BCUT2D eigenvalue weighted by Crippen LogP contribution is -1.88. The molecule has 2 aromatic carbocycles. The molecule has 0 radical (unpaired) electrons. The molecule has 1 N–H and O–H groups in total. The van der Waals surface area contributed by atoms with Crippen LogP contribution in [0.15, 0.2) is 42.5 Å². The van der Waals surface area contributed by atoms with E-state index < -0.39 is 0 Å². The van der Waals surface area contributed by atoms with E-state index in [4.69, 9.17) is 4.74 Å². The molecule has 0 fully saturated rings. The third-order valence-corrected chi connectivity index (χ3v) is 3.23. The van der Waals surface area contributed by atoms with Gasteiger partial charge in [-0.25, -0.2) is 4.39 Å². The second-order valence-electron chi connectivity index (χ2n) is 4.62. The van der Waals surface area contributed by atoms with Gasteiger partial charge in [0.15, 0.2) is 0 Å². The summed E-state index contributed by atoms with van der Waals surface area (Å²) in [5, 5.41) is 0.860. The minimum absolute atomic E-state index is 0.228. The molecule has 3 heteroatoms. The van der Waals surface area contributed by atoms with E-state index in [2.05, 4.69) is 11.1 Å². The van der Waals surface area contributed by atoms with Crippen molar-refractivity contribution in [2.75, 3.05) is 7.11 Å². The summed E-state index contributed by atoms with van der Waals surface area (Å²) >= 11 is 0. The van der Waals surface area contributed by atoms with Crippen LogP contribution in [0.5, 0.6) is 5.75 Å². The summed E-state index contributed by atoms with van der Waals surface area (Å²) in [7, 11) is 1.65. The van der Waals surface area contributed by atoms with Gasteiger partial charge in [-0.15, -0.1) is 0 Å². The summed E-state index contributed by atoms with van der Waals surface area (Å²) in [4.78, 5) is 3.29. The lowest BCUT2D eigenvalue weighted by atomic mass is 10.1. The van der Waals surface area contributed by atoms with Gasteiger partial charge in [-0.3, -0.25) is 0 Å². The van der Waals surface area contributed by atoms with Crippen LogP contribution in [0, 0.1) is 12.7 Å². The average molecular weight is 255 g/mol. The lowest BCUT2D eigenvalue weighted by molar-refractivity contribution is 0.416. The molecule has 0 aliphatic rings. The van der Waals surface area contributed by atoms with Gasteiger partial charge < -0.3 is 9.72 Å². The van der Waals surface area contributed by atoms with Crippen LogP contribution in [0.2, 0.25) is 0 Å². The minimum Gasteiger partial charge on any atom is -0.496 e. The van der Waals surface area contributed by atoms with Crippen LogP contribution < -0.4 is 4.74 Å². The van der Waals surface area contributed by atoms with Crippen molar-refractivity contribution in [3.05, 3.63) is 53.8 Å². The lowest BCUT2D eigenvalue weighted by Gasteiger charge is -2.07. The first kappa shape index (κ1) is 11.8. The van der Waals surface area contributed by atoms with Crippen molar-refractivity contribution in [3.63, 3.8) is 0 Å². The number of benzene rings is 2. The van der Waals surface area contributed by atoms with Crippen molar-refractivity contribution >= 4 is 10.9 Å². The van der Waals surface area contributed by atoms with Crippen molar-refractivity contribution in [1.29, 1.82) is 0 Å². The number of fused-ring (bicyclic) bond motifs is 1. The van der Waals surface area contributed by atoms with Gasteiger partial charge in [0, 0.05) is 16.5 Å². The van der Waals surface area contributed by atoms with Crippen molar-refractivity contribution in [2.24, 2.45) is 0 Å². The molecule has 3 aromatic rings. The van der Waals surface area contributed by atoms with Gasteiger partial charge in [0.05, 0.1) is 12.8 Å². The molecule has 0 aliphatic heterocycles. The SMILES string of the molecule is COc1ccc(C)cc1-c1cc2cc(F)ccc2[nH]1. The van der Waals surface area contributed by atoms with E-state index in [1.165, 1.54) is 12.1 Å². The number of aryl methyl sites for hydroxylation is 1. The Kier molecular flexibility index (Phi) is 2.75. The molecule has 0 bridgehead atoms. The Balaban J connectivity index is 2.21. The number of nitrogens with one attached hydrogen (secondary N) is 1. The van der Waals surface area contributed by atoms with Gasteiger partial charge in [0.1, 0.15) is 11.6 Å². The zero-order chi connectivity index (χ0) is 13.4. The number of aromatic amines is 1. The standard InChI is InChI=1S/C16H14FNO/c1-10-3-6-16(19-2)13(7-10)15-9-11-8-12(17)4-5-14(11)18-15/h3-9,18H,1-2H3. The van der Waals surface area contributed by atoms with Crippen molar-refractivity contribution < 1.29 is 9.13 Å². The molecular weight excluding hydrogens is 241 g/mol. The van der Waals surface area contributed by atoms with Gasteiger partial charge in [0.25, 0.3) is 0 Å². The number of rotatable bonds is 2. The first-order valence-corrected chi connectivity index (χ1v) is 6.10. The van der Waals surface area contributed by atoms with Crippen LogP contribution in [-0.4, -0.2) is 12.1 Å². The Labute approximate surface area is 110 Å². The molecule has 1 aromatic heterocycles. The monoisotopic (exact) mass is 255 g/mol. The first-order chi connectivity index (χ1) is 9.17. The quantitative estimate of drug-likeness (QED) is 0.726. The van der Waals surface area contributed by atoms with Crippen LogP contribution in [0.3, 0.4) is 0 Å². The summed E-state index contributed by atoms with van der Waals surface area (Å²) in [5.41, 5.74) is 3.99. The van der Waals surface area contributed by atoms with E-state index in [9.17, 15) is 4.39 Å². The predicted octanol–water partition coefficient (Wildman–Crippen LogP) is 4.29. The third kappa shape index (κ3) is 2.08. The van der Waals surface area contributed by atoms with E-state index in [0.717, 1.165) is 33.5 Å². The maximum atomic E-state index is 13.2. The van der Waals surface area contributed by atoms with Crippen LogP contribution in [0.1, 0.15) is 5.56 Å². The van der Waals surface area contributed by atoms with Gasteiger partial charge in [-0.05, 0) is 43.3 Å². The number of ether oxygens (including phenoxy) is 1. The van der Waals surface area contributed by atoms with E-state index in [1.54, 1.807) is 13.2 Å². The maximum absolute atomic E-state index is 13.2. The second kappa shape index (κ2) is 4.43. The average Bonchev–Trinajstić information content (AvgIpc) is 2.81. The molecular formula is C16H14FNO. The van der Waals surface area contributed by atoms with E-state index >= 15 is 0 Å². The summed E-state index contributed by atoms with van der Waals surface area (Å²) in [6.45, 7) is 2.03. The molecule has 2 nitrogen and oxygen atoms in total. The Morgan fingerprint density at radius 1 is 1.05 bits per heavy atom. The predicted molar refractivity (Wildman–Crippen MR) is 75.0 cm³/mol. The summed E-state index contributed by atoms with van der Waals surface area (Å²) in [6.07, 6.45) is 0. The van der Waals surface area contributed by atoms with Crippen molar-refractivity contribution in [2.45, 2.75) is 6.92 Å². The zero-order valence-corrected chi connectivity index (χ0v) is 10.8. The number of hydrogen-bond donors (Lipinski definition) is 1. The van der Waals surface area contributed by atoms with Crippen LogP contribution in [-0.2, 0) is 0 Å². The Bertz CT molecular complexity index is 746. The van der Waals surface area contributed by atoms with Crippen molar-refractivity contribution in [3.8, 4) is 17.0 Å². The van der Waals surface area contributed by atoms with Crippen LogP contribution in [0.25, 0.3) is 22.2 Å². The van der Waals surface area contributed by atoms with Crippen LogP contribution >= 0.6 is 0 Å². The number of aromatic nitrogens is 1. The second-order valence-corrected chi connectivity index (χ2v) is 4.62. The fraction of sp³-hybridized carbons (Fsp3) is 0.125. The molecule has 0 unspecified atom stereocenters. The van der Waals surface area contributed by atoms with Gasteiger partial charge >= 0.3 is 0 Å². The molecule has 1 heterocycles. The number of hydrogen-bond acceptors (Lipinski definition) is 1. The van der Waals surface area contributed by atoms with Crippen molar-refractivity contribution in [1.82, 2.24) is 4.98 Å². The molecule has 0 spiro atoms. The normalized spacial score (nSPS) is 10.9. The molecule has 0 amide bonds. The fourth-order valence-electron chi connectivity index (χ4n) is 2.28. The maximum Gasteiger partial charge on any atom is 0.128 e. The minimum atomic E-state index is -0.228. The third-order valence-electron chi connectivity index (χ3n) is 3.23. The summed E-state index contributed by atoms with van der Waals surface area (Å²) in [5.74, 6) is 0.576. The molecule has 0 atom stereocenters. The van der Waals surface area contributed by atoms with Gasteiger partial charge in [0.2, 0.25) is 0 Å². The zero-order valence-electron chi connectivity index (χ0n) is 10.8. The number of methoxy groups -OCH3 is 1. The van der Waals surface area contributed by atoms with Crippen LogP contribution in [0.4, 0.5) is 4.39 Å².